The molecule has 0 atom stereocenters. The van der Waals surface area contributed by atoms with E-state index >= 15 is 0 Å². The number of aryl methyl sites for hydroxylation is 1. The molecule has 3 aliphatic rings. The van der Waals surface area contributed by atoms with Gasteiger partial charge in [0.15, 0.2) is 0 Å². The maximum atomic E-state index is 12.0. The number of carbonyl (C=O) groups excluding carboxylic acids is 1. The second kappa shape index (κ2) is 8.65. The molecule has 5 rings (SSSR count). The monoisotopic (exact) mass is 427 g/mol. The standard InChI is InChI=1S/C23H29N3O3S/c27-15-21(28)26-12-4-5-20-22(26)24-23(30-20)16-6-8-18(9-7-16)29-19-13-17(14-19)25-10-2-1-3-11-25/h6-9,17,19,27H,1-5,10-15H2/t17-,19-. The van der Waals surface area contributed by atoms with E-state index in [4.69, 9.17) is 9.72 Å². The lowest BCUT2D eigenvalue weighted by Gasteiger charge is -2.44. The van der Waals surface area contributed by atoms with Crippen molar-refractivity contribution in [3.63, 3.8) is 0 Å². The number of rotatable bonds is 5. The van der Waals surface area contributed by atoms with Gasteiger partial charge in [-0.2, -0.15) is 0 Å². The third kappa shape index (κ3) is 3.98. The Morgan fingerprint density at radius 3 is 2.60 bits per heavy atom. The minimum atomic E-state index is -0.474. The molecule has 7 heteroatoms. The van der Waals surface area contributed by atoms with Gasteiger partial charge in [-0.1, -0.05) is 6.42 Å². The number of aromatic nitrogens is 1. The van der Waals surface area contributed by atoms with Crippen LogP contribution in [0.1, 0.15) is 43.4 Å². The van der Waals surface area contributed by atoms with Crippen molar-refractivity contribution in [1.82, 2.24) is 9.88 Å². The summed E-state index contributed by atoms with van der Waals surface area (Å²) >= 11 is 1.64. The number of amides is 1. The Morgan fingerprint density at radius 2 is 1.87 bits per heavy atom. The first-order chi connectivity index (χ1) is 14.7. The Labute approximate surface area is 181 Å². The van der Waals surface area contributed by atoms with Crippen molar-refractivity contribution in [2.75, 3.05) is 31.1 Å². The Balaban J connectivity index is 1.21. The van der Waals surface area contributed by atoms with Crippen LogP contribution in [-0.2, 0) is 11.2 Å². The molecule has 1 N–H and O–H groups in total. The number of anilines is 1. The van der Waals surface area contributed by atoms with Crippen molar-refractivity contribution < 1.29 is 14.6 Å². The molecule has 0 spiro atoms. The number of piperidine rings is 1. The summed E-state index contributed by atoms with van der Waals surface area (Å²) in [5.74, 6) is 1.36. The SMILES string of the molecule is O=C(CO)N1CCCc2sc(-c3ccc(O[C@H]4C[C@H](N5CCCCC5)C4)cc3)nc21. The molecule has 1 aliphatic carbocycles. The van der Waals surface area contributed by atoms with Crippen molar-refractivity contribution >= 4 is 23.1 Å². The first-order valence-electron chi connectivity index (χ1n) is 11.1. The van der Waals surface area contributed by atoms with E-state index in [1.807, 2.05) is 12.1 Å². The third-order valence-corrected chi connectivity index (χ3v) is 7.69. The van der Waals surface area contributed by atoms with E-state index in [0.717, 1.165) is 52.7 Å². The molecule has 3 heterocycles. The van der Waals surface area contributed by atoms with Crippen LogP contribution in [0.25, 0.3) is 10.6 Å². The first kappa shape index (κ1) is 20.0. The van der Waals surface area contributed by atoms with Crippen LogP contribution in [-0.4, -0.2) is 59.3 Å². The van der Waals surface area contributed by atoms with Gasteiger partial charge in [0.2, 0.25) is 0 Å². The number of nitrogens with zero attached hydrogens (tertiary/aromatic N) is 3. The molecule has 2 aliphatic heterocycles. The van der Waals surface area contributed by atoms with E-state index in [9.17, 15) is 9.90 Å². The van der Waals surface area contributed by atoms with Gasteiger partial charge in [-0.15, -0.1) is 11.3 Å². The average molecular weight is 428 g/mol. The molecule has 1 amide bonds. The number of hydrogen-bond donors (Lipinski definition) is 1. The number of fused-ring (bicyclic) bond motifs is 1. The van der Waals surface area contributed by atoms with Gasteiger partial charge < -0.3 is 14.7 Å². The minimum Gasteiger partial charge on any atom is -0.490 e. The van der Waals surface area contributed by atoms with E-state index < -0.39 is 6.61 Å². The molecule has 1 aromatic heterocycles. The average Bonchev–Trinajstić information content (AvgIpc) is 3.21. The fourth-order valence-electron chi connectivity index (χ4n) is 4.76. The Hall–Kier alpha value is -1.96. The van der Waals surface area contributed by atoms with Gasteiger partial charge in [-0.05, 0) is 63.0 Å². The van der Waals surface area contributed by atoms with Crippen LogP contribution in [0, 0.1) is 0 Å². The topological polar surface area (TPSA) is 65.9 Å². The first-order valence-corrected chi connectivity index (χ1v) is 11.9. The Bertz CT molecular complexity index is 886. The van der Waals surface area contributed by atoms with Crippen LogP contribution >= 0.6 is 11.3 Å². The maximum Gasteiger partial charge on any atom is 0.253 e. The summed E-state index contributed by atoms with van der Waals surface area (Å²) < 4.78 is 6.18. The predicted molar refractivity (Wildman–Crippen MR) is 118 cm³/mol. The van der Waals surface area contributed by atoms with Gasteiger partial charge >= 0.3 is 0 Å². The molecule has 1 saturated heterocycles. The van der Waals surface area contributed by atoms with Gasteiger partial charge in [-0.3, -0.25) is 9.69 Å². The largest absolute Gasteiger partial charge is 0.490 e. The lowest BCUT2D eigenvalue weighted by molar-refractivity contribution is -0.121. The summed E-state index contributed by atoms with van der Waals surface area (Å²) in [6.45, 7) is 2.66. The smallest absolute Gasteiger partial charge is 0.253 e. The van der Waals surface area contributed by atoms with Crippen LogP contribution < -0.4 is 9.64 Å². The highest BCUT2D eigenvalue weighted by Crippen LogP contribution is 2.37. The number of benzene rings is 1. The maximum absolute atomic E-state index is 12.0. The molecule has 160 valence electrons. The number of hydrogen-bond acceptors (Lipinski definition) is 6. The fourth-order valence-corrected chi connectivity index (χ4v) is 5.87. The molecule has 1 aromatic carbocycles. The van der Waals surface area contributed by atoms with Crippen LogP contribution in [0.5, 0.6) is 5.75 Å². The van der Waals surface area contributed by atoms with E-state index in [1.54, 1.807) is 16.2 Å². The summed E-state index contributed by atoms with van der Waals surface area (Å²) in [5, 5.41) is 10.1. The number of carbonyl (C=O) groups is 1. The number of aliphatic hydroxyl groups excluding tert-OH is 1. The predicted octanol–water partition coefficient (Wildman–Crippen LogP) is 3.48. The zero-order chi connectivity index (χ0) is 20.5. The lowest BCUT2D eigenvalue weighted by Crippen LogP contribution is -2.50. The van der Waals surface area contributed by atoms with Crippen molar-refractivity contribution in [2.45, 2.75) is 57.1 Å². The minimum absolute atomic E-state index is 0.278. The van der Waals surface area contributed by atoms with E-state index in [0.29, 0.717) is 18.7 Å². The molecule has 0 radical (unpaired) electrons. The second-order valence-electron chi connectivity index (χ2n) is 8.56. The second-order valence-corrected chi connectivity index (χ2v) is 9.64. The highest BCUT2D eigenvalue weighted by molar-refractivity contribution is 7.15. The molecular weight excluding hydrogens is 398 g/mol. The van der Waals surface area contributed by atoms with Crippen molar-refractivity contribution in [2.24, 2.45) is 0 Å². The Morgan fingerprint density at radius 1 is 1.10 bits per heavy atom. The van der Waals surface area contributed by atoms with Crippen LogP contribution in [0.15, 0.2) is 24.3 Å². The summed E-state index contributed by atoms with van der Waals surface area (Å²) in [5.41, 5.74) is 1.04. The van der Waals surface area contributed by atoms with Gasteiger partial charge in [0.1, 0.15) is 29.3 Å². The summed E-state index contributed by atoms with van der Waals surface area (Å²) in [4.78, 5) is 22.1. The number of thiazole rings is 1. The third-order valence-electron chi connectivity index (χ3n) is 6.54. The molecule has 30 heavy (non-hydrogen) atoms. The molecule has 2 aromatic rings. The summed E-state index contributed by atoms with van der Waals surface area (Å²) in [6, 6.07) is 8.87. The molecule has 1 saturated carbocycles. The number of ether oxygens (including phenoxy) is 1. The van der Waals surface area contributed by atoms with E-state index in [2.05, 4.69) is 17.0 Å². The molecule has 0 bridgehead atoms. The molecule has 6 nitrogen and oxygen atoms in total. The van der Waals surface area contributed by atoms with Crippen molar-refractivity contribution in [1.29, 1.82) is 0 Å². The quantitative estimate of drug-likeness (QED) is 0.791. The van der Waals surface area contributed by atoms with E-state index in [-0.39, 0.29) is 5.91 Å². The highest BCUT2D eigenvalue weighted by atomic mass is 32.1. The zero-order valence-electron chi connectivity index (χ0n) is 17.3. The lowest BCUT2D eigenvalue weighted by atomic mass is 9.86. The van der Waals surface area contributed by atoms with E-state index in [1.165, 1.54) is 32.4 Å². The van der Waals surface area contributed by atoms with Crippen molar-refractivity contribution in [3.05, 3.63) is 29.1 Å². The van der Waals surface area contributed by atoms with Crippen LogP contribution in [0.4, 0.5) is 5.82 Å². The number of aliphatic hydroxyl groups is 1. The summed E-state index contributed by atoms with van der Waals surface area (Å²) in [6.07, 6.45) is 8.51. The van der Waals surface area contributed by atoms with Gasteiger partial charge in [0, 0.05) is 35.9 Å². The Kier molecular flexibility index (Phi) is 5.76. The normalized spacial score (nSPS) is 24.2. The number of likely N-dealkylation sites (tertiary alicyclic amines) is 1. The van der Waals surface area contributed by atoms with Gasteiger partial charge in [0.05, 0.1) is 0 Å². The highest BCUT2D eigenvalue weighted by Gasteiger charge is 2.35. The van der Waals surface area contributed by atoms with Crippen molar-refractivity contribution in [3.8, 4) is 16.3 Å². The van der Waals surface area contributed by atoms with Gasteiger partial charge in [0.25, 0.3) is 5.91 Å². The zero-order valence-corrected chi connectivity index (χ0v) is 18.1. The molecule has 0 unspecified atom stereocenters. The molecular formula is C23H29N3O3S. The van der Waals surface area contributed by atoms with Gasteiger partial charge in [-0.25, -0.2) is 4.98 Å². The molecule has 2 fully saturated rings. The summed E-state index contributed by atoms with van der Waals surface area (Å²) in [7, 11) is 0. The van der Waals surface area contributed by atoms with Crippen LogP contribution in [0.2, 0.25) is 0 Å². The fraction of sp³-hybridized carbons (Fsp3) is 0.565. The van der Waals surface area contributed by atoms with Crippen LogP contribution in [0.3, 0.4) is 0 Å².